The molecule has 3 nitrogen and oxygen atoms in total. The molecule has 2 N–H and O–H groups in total. The summed E-state index contributed by atoms with van der Waals surface area (Å²) in [4.78, 5) is 0. The number of aromatic nitrogens is 2. The van der Waals surface area contributed by atoms with E-state index in [1.54, 1.807) is 4.68 Å². The largest absolute Gasteiger partial charge is 0.383 e. The Morgan fingerprint density at radius 2 is 2.12 bits per heavy atom. The predicted octanol–water partition coefficient (Wildman–Crippen LogP) is 2.78. The lowest BCUT2D eigenvalue weighted by molar-refractivity contribution is 0.689. The SMILES string of the molecule is Cc1cccc(Cn2nc(C)c(Cl)c2N)c1. The zero-order valence-corrected chi connectivity index (χ0v) is 10.1. The van der Waals surface area contributed by atoms with E-state index in [1.807, 2.05) is 13.0 Å². The fourth-order valence-corrected chi connectivity index (χ4v) is 1.82. The smallest absolute Gasteiger partial charge is 0.141 e. The first-order valence-electron chi connectivity index (χ1n) is 5.12. The first-order valence-corrected chi connectivity index (χ1v) is 5.49. The van der Waals surface area contributed by atoms with Crippen LogP contribution in [0.2, 0.25) is 5.02 Å². The second-order valence-electron chi connectivity index (χ2n) is 3.93. The van der Waals surface area contributed by atoms with Crippen molar-refractivity contribution >= 4 is 17.4 Å². The van der Waals surface area contributed by atoms with Gasteiger partial charge in [0.05, 0.1) is 12.2 Å². The van der Waals surface area contributed by atoms with Gasteiger partial charge in [-0.1, -0.05) is 41.4 Å². The third-order valence-corrected chi connectivity index (χ3v) is 2.97. The van der Waals surface area contributed by atoms with E-state index in [1.165, 1.54) is 11.1 Å². The van der Waals surface area contributed by atoms with Gasteiger partial charge in [-0.05, 0) is 19.4 Å². The monoisotopic (exact) mass is 235 g/mol. The molecule has 0 aliphatic heterocycles. The normalized spacial score (nSPS) is 10.7. The highest BCUT2D eigenvalue weighted by molar-refractivity contribution is 6.33. The van der Waals surface area contributed by atoms with Gasteiger partial charge in [-0.3, -0.25) is 0 Å². The van der Waals surface area contributed by atoms with Crippen LogP contribution in [-0.2, 0) is 6.54 Å². The first-order chi connectivity index (χ1) is 7.58. The van der Waals surface area contributed by atoms with Crippen molar-refractivity contribution in [1.82, 2.24) is 9.78 Å². The van der Waals surface area contributed by atoms with Crippen LogP contribution in [0.5, 0.6) is 0 Å². The van der Waals surface area contributed by atoms with Crippen LogP contribution >= 0.6 is 11.6 Å². The van der Waals surface area contributed by atoms with Crippen molar-refractivity contribution in [1.29, 1.82) is 0 Å². The van der Waals surface area contributed by atoms with E-state index in [0.717, 1.165) is 5.69 Å². The summed E-state index contributed by atoms with van der Waals surface area (Å²) in [6.45, 7) is 4.57. The number of halogens is 1. The van der Waals surface area contributed by atoms with Gasteiger partial charge in [0.25, 0.3) is 0 Å². The Kier molecular flexibility index (Phi) is 2.88. The summed E-state index contributed by atoms with van der Waals surface area (Å²) < 4.78 is 1.73. The molecule has 2 rings (SSSR count). The summed E-state index contributed by atoms with van der Waals surface area (Å²) in [5.41, 5.74) is 9.03. The third kappa shape index (κ3) is 2.04. The molecule has 1 heterocycles. The van der Waals surface area contributed by atoms with Gasteiger partial charge >= 0.3 is 0 Å². The van der Waals surface area contributed by atoms with Crippen LogP contribution in [0.3, 0.4) is 0 Å². The summed E-state index contributed by atoms with van der Waals surface area (Å²) in [6, 6.07) is 8.26. The van der Waals surface area contributed by atoms with Crippen LogP contribution in [0.15, 0.2) is 24.3 Å². The molecule has 0 unspecified atom stereocenters. The maximum atomic E-state index is 5.99. The van der Waals surface area contributed by atoms with Crippen LogP contribution in [-0.4, -0.2) is 9.78 Å². The van der Waals surface area contributed by atoms with Gasteiger partial charge in [0.15, 0.2) is 0 Å². The molecule has 0 amide bonds. The Morgan fingerprint density at radius 3 is 2.69 bits per heavy atom. The summed E-state index contributed by atoms with van der Waals surface area (Å²) >= 11 is 5.99. The summed E-state index contributed by atoms with van der Waals surface area (Å²) in [5, 5.41) is 4.84. The van der Waals surface area contributed by atoms with Gasteiger partial charge in [-0.25, -0.2) is 4.68 Å². The summed E-state index contributed by atoms with van der Waals surface area (Å²) in [7, 11) is 0. The zero-order valence-electron chi connectivity index (χ0n) is 9.37. The molecule has 16 heavy (non-hydrogen) atoms. The average molecular weight is 236 g/mol. The van der Waals surface area contributed by atoms with Gasteiger partial charge < -0.3 is 5.73 Å². The van der Waals surface area contributed by atoms with Gasteiger partial charge in [0.2, 0.25) is 0 Å². The highest BCUT2D eigenvalue weighted by atomic mass is 35.5. The van der Waals surface area contributed by atoms with Crippen molar-refractivity contribution in [3.05, 3.63) is 46.1 Å². The van der Waals surface area contributed by atoms with Gasteiger partial charge in [-0.2, -0.15) is 5.10 Å². The van der Waals surface area contributed by atoms with E-state index < -0.39 is 0 Å². The van der Waals surface area contributed by atoms with Crippen LogP contribution < -0.4 is 5.73 Å². The fraction of sp³-hybridized carbons (Fsp3) is 0.250. The molecule has 1 aromatic heterocycles. The Bertz CT molecular complexity index is 517. The molecular weight excluding hydrogens is 222 g/mol. The second kappa shape index (κ2) is 4.18. The molecule has 0 aliphatic rings. The molecule has 0 saturated carbocycles. The Balaban J connectivity index is 2.30. The van der Waals surface area contributed by atoms with E-state index in [9.17, 15) is 0 Å². The van der Waals surface area contributed by atoms with Gasteiger partial charge in [0.1, 0.15) is 10.8 Å². The number of aryl methyl sites for hydroxylation is 2. The Hall–Kier alpha value is -1.48. The van der Waals surface area contributed by atoms with Crippen LogP contribution in [0.4, 0.5) is 5.82 Å². The molecular formula is C12H14ClN3. The number of nitrogens with zero attached hydrogens (tertiary/aromatic N) is 2. The van der Waals surface area contributed by atoms with E-state index in [-0.39, 0.29) is 0 Å². The Labute approximate surface area is 99.8 Å². The van der Waals surface area contributed by atoms with Gasteiger partial charge in [-0.15, -0.1) is 0 Å². The topological polar surface area (TPSA) is 43.8 Å². The van der Waals surface area contributed by atoms with E-state index >= 15 is 0 Å². The van der Waals surface area contributed by atoms with Crippen LogP contribution in [0, 0.1) is 13.8 Å². The second-order valence-corrected chi connectivity index (χ2v) is 4.31. The minimum absolute atomic E-state index is 0.528. The molecule has 84 valence electrons. The number of hydrogen-bond acceptors (Lipinski definition) is 2. The molecule has 0 fully saturated rings. The average Bonchev–Trinajstić information content (AvgIpc) is 2.47. The van der Waals surface area contributed by atoms with Crippen LogP contribution in [0.25, 0.3) is 0 Å². The molecule has 0 aliphatic carbocycles. The fourth-order valence-electron chi connectivity index (χ4n) is 1.68. The lowest BCUT2D eigenvalue weighted by atomic mass is 10.1. The van der Waals surface area contributed by atoms with Crippen molar-refractivity contribution in [3.63, 3.8) is 0 Å². The molecule has 1 aromatic carbocycles. The molecule has 4 heteroatoms. The molecule has 2 aromatic rings. The number of nitrogens with two attached hydrogens (primary N) is 1. The number of hydrogen-bond donors (Lipinski definition) is 1. The minimum Gasteiger partial charge on any atom is -0.383 e. The maximum Gasteiger partial charge on any atom is 0.141 e. The van der Waals surface area contributed by atoms with E-state index in [0.29, 0.717) is 17.4 Å². The van der Waals surface area contributed by atoms with Crippen molar-refractivity contribution < 1.29 is 0 Å². The number of rotatable bonds is 2. The highest BCUT2D eigenvalue weighted by Gasteiger charge is 2.09. The first kappa shape index (κ1) is 11.0. The molecule has 0 bridgehead atoms. The molecule has 0 saturated heterocycles. The molecule has 0 spiro atoms. The third-order valence-electron chi connectivity index (χ3n) is 2.51. The molecule has 0 atom stereocenters. The number of anilines is 1. The van der Waals surface area contributed by atoms with Crippen molar-refractivity contribution in [3.8, 4) is 0 Å². The van der Waals surface area contributed by atoms with E-state index in [4.69, 9.17) is 17.3 Å². The lowest BCUT2D eigenvalue weighted by Gasteiger charge is -2.05. The van der Waals surface area contributed by atoms with Gasteiger partial charge in [0, 0.05) is 0 Å². The number of benzene rings is 1. The summed E-state index contributed by atoms with van der Waals surface area (Å²) in [5.74, 6) is 0.528. The lowest BCUT2D eigenvalue weighted by Crippen LogP contribution is -2.06. The minimum atomic E-state index is 0.528. The highest BCUT2D eigenvalue weighted by Crippen LogP contribution is 2.22. The zero-order chi connectivity index (χ0) is 11.7. The molecule has 0 radical (unpaired) electrons. The predicted molar refractivity (Wildman–Crippen MR) is 66.7 cm³/mol. The van der Waals surface area contributed by atoms with Crippen LogP contribution in [0.1, 0.15) is 16.8 Å². The Morgan fingerprint density at radius 1 is 1.38 bits per heavy atom. The maximum absolute atomic E-state index is 5.99. The quantitative estimate of drug-likeness (QED) is 0.870. The van der Waals surface area contributed by atoms with Crippen molar-refractivity contribution in [2.75, 3.05) is 5.73 Å². The van der Waals surface area contributed by atoms with Crippen molar-refractivity contribution in [2.24, 2.45) is 0 Å². The summed E-state index contributed by atoms with van der Waals surface area (Å²) in [6.07, 6.45) is 0. The number of nitrogen functional groups attached to an aromatic ring is 1. The van der Waals surface area contributed by atoms with E-state index in [2.05, 4.69) is 30.2 Å². The van der Waals surface area contributed by atoms with Crippen molar-refractivity contribution in [2.45, 2.75) is 20.4 Å². The standard InChI is InChI=1S/C12H14ClN3/c1-8-4-3-5-10(6-8)7-16-12(14)11(13)9(2)15-16/h3-6H,7,14H2,1-2H3.